The summed E-state index contributed by atoms with van der Waals surface area (Å²) in [4.78, 5) is 16.5. The summed E-state index contributed by atoms with van der Waals surface area (Å²) in [5.41, 5.74) is 4.90. The van der Waals surface area contributed by atoms with Crippen LogP contribution in [0.3, 0.4) is 0 Å². The van der Waals surface area contributed by atoms with Gasteiger partial charge in [-0.1, -0.05) is 17.7 Å². The normalized spacial score (nSPS) is 18.0. The Labute approximate surface area is 178 Å². The molecule has 1 N–H and O–H groups in total. The molecule has 1 aromatic heterocycles. The number of hydrogen-bond acceptors (Lipinski definition) is 6. The number of sulfone groups is 1. The van der Waals surface area contributed by atoms with Crippen LogP contribution in [0.2, 0.25) is 0 Å². The van der Waals surface area contributed by atoms with Crippen molar-refractivity contribution >= 4 is 49.0 Å². The topological polar surface area (TPSA) is 108 Å². The quantitative estimate of drug-likeness (QED) is 0.721. The molecule has 154 valence electrons. The average molecular weight is 442 g/mol. The van der Waals surface area contributed by atoms with Gasteiger partial charge in [-0.3, -0.25) is 10.2 Å². The molecule has 4 rings (SSSR count). The van der Waals surface area contributed by atoms with Crippen molar-refractivity contribution in [3.8, 4) is 5.69 Å². The van der Waals surface area contributed by atoms with Crippen LogP contribution in [0, 0.1) is 26.2 Å². The highest BCUT2D eigenvalue weighted by atomic mass is 32.3. The van der Waals surface area contributed by atoms with Crippen molar-refractivity contribution in [2.45, 2.75) is 20.8 Å². The van der Waals surface area contributed by atoms with Crippen molar-refractivity contribution in [3.63, 3.8) is 0 Å². The van der Waals surface area contributed by atoms with Gasteiger partial charge in [-0.25, -0.2) is 8.42 Å². The van der Waals surface area contributed by atoms with E-state index in [-0.39, 0.29) is 21.0 Å². The largest absolute Gasteiger partial charge is 0.318 e. The minimum absolute atomic E-state index is 0.0574. The fraction of sp³-hybridized carbons (Fsp3) is 0.200. The molecule has 0 saturated heterocycles. The Hall–Kier alpha value is -2.98. The van der Waals surface area contributed by atoms with E-state index < -0.39 is 15.7 Å². The molecule has 2 aromatic rings. The Morgan fingerprint density at radius 3 is 2.43 bits per heavy atom. The molecule has 0 atom stereocenters. The second kappa shape index (κ2) is 7.06. The van der Waals surface area contributed by atoms with Crippen LogP contribution >= 0.6 is 11.8 Å². The zero-order valence-corrected chi connectivity index (χ0v) is 18.4. The number of carbonyl (C=O) groups excluding carboxylic acids is 1. The number of rotatable bonds is 2. The molecule has 2 aliphatic rings. The summed E-state index contributed by atoms with van der Waals surface area (Å²) < 4.78 is 25.4. The standard InChI is InChI=1S/C20H19N5O3S2/c1-11-5-7-15(8-6-11)24-12(2)9-14(13(24)3)10-16-17(21)25-19(22-18(16)26)29-20(23-25)30(4,27)28/h5-10,21H,1-4H3/b16-10+,21-17?. The van der Waals surface area contributed by atoms with Crippen LogP contribution in [0.15, 0.2) is 46.0 Å². The lowest BCUT2D eigenvalue weighted by molar-refractivity contribution is -0.114. The fourth-order valence-corrected chi connectivity index (χ4v) is 4.99. The van der Waals surface area contributed by atoms with Gasteiger partial charge in [0.15, 0.2) is 5.84 Å². The van der Waals surface area contributed by atoms with E-state index in [2.05, 4.69) is 14.7 Å². The van der Waals surface area contributed by atoms with Crippen molar-refractivity contribution < 1.29 is 13.2 Å². The fourth-order valence-electron chi connectivity index (χ4n) is 3.30. The number of fused-ring (bicyclic) bond motifs is 1. The van der Waals surface area contributed by atoms with Crippen LogP contribution in [0.1, 0.15) is 22.5 Å². The molecular weight excluding hydrogens is 422 g/mol. The molecule has 30 heavy (non-hydrogen) atoms. The smallest absolute Gasteiger partial charge is 0.283 e. The Balaban J connectivity index is 1.75. The van der Waals surface area contributed by atoms with Crippen molar-refractivity contribution in [3.05, 3.63) is 58.4 Å². The van der Waals surface area contributed by atoms with Crippen molar-refractivity contribution in [1.82, 2.24) is 9.58 Å². The number of thioether (sulfide) groups is 1. The summed E-state index contributed by atoms with van der Waals surface area (Å²) in [6, 6.07) is 10.1. The van der Waals surface area contributed by atoms with Gasteiger partial charge in [0.05, 0.1) is 5.57 Å². The number of nitrogens with one attached hydrogen (secondary N) is 1. The maximum atomic E-state index is 12.6. The Morgan fingerprint density at radius 1 is 1.13 bits per heavy atom. The van der Waals surface area contributed by atoms with Gasteiger partial charge in [-0.05, 0) is 62.4 Å². The average Bonchev–Trinajstić information content (AvgIpc) is 3.21. The van der Waals surface area contributed by atoms with Crippen LogP contribution in [0.5, 0.6) is 0 Å². The van der Waals surface area contributed by atoms with Crippen LogP contribution < -0.4 is 0 Å². The third-order valence-electron chi connectivity index (χ3n) is 4.82. The van der Waals surface area contributed by atoms with Gasteiger partial charge < -0.3 is 4.57 Å². The lowest BCUT2D eigenvalue weighted by Crippen LogP contribution is -2.35. The molecule has 0 radical (unpaired) electrons. The Kier molecular flexibility index (Phi) is 4.78. The van der Waals surface area contributed by atoms with Crippen LogP contribution in [0.25, 0.3) is 11.8 Å². The number of carbonyl (C=O) groups is 1. The highest BCUT2D eigenvalue weighted by Gasteiger charge is 2.38. The molecule has 0 unspecified atom stereocenters. The number of aryl methyl sites for hydroxylation is 2. The predicted molar refractivity (Wildman–Crippen MR) is 120 cm³/mol. The number of hydrazone groups is 1. The third kappa shape index (κ3) is 3.41. The second-order valence-electron chi connectivity index (χ2n) is 7.16. The first-order chi connectivity index (χ1) is 14.1. The number of aromatic nitrogens is 1. The second-order valence-corrected chi connectivity index (χ2v) is 10.3. The summed E-state index contributed by atoms with van der Waals surface area (Å²) in [5.74, 6) is -0.792. The first-order valence-corrected chi connectivity index (χ1v) is 11.7. The maximum Gasteiger partial charge on any atom is 0.283 e. The highest BCUT2D eigenvalue weighted by Crippen LogP contribution is 2.31. The number of benzene rings is 1. The molecule has 3 heterocycles. The first-order valence-electron chi connectivity index (χ1n) is 9.02. The van der Waals surface area contributed by atoms with E-state index in [0.717, 1.165) is 51.2 Å². The van der Waals surface area contributed by atoms with Crippen LogP contribution in [-0.4, -0.2) is 45.5 Å². The van der Waals surface area contributed by atoms with E-state index >= 15 is 0 Å². The summed E-state index contributed by atoms with van der Waals surface area (Å²) in [7, 11) is -3.56. The predicted octanol–water partition coefficient (Wildman–Crippen LogP) is 3.02. The van der Waals surface area contributed by atoms with E-state index in [1.54, 1.807) is 6.08 Å². The van der Waals surface area contributed by atoms with Gasteiger partial charge in [0.25, 0.3) is 5.91 Å². The van der Waals surface area contributed by atoms with Gasteiger partial charge in [0.1, 0.15) is 0 Å². The number of amidine groups is 2. The highest BCUT2D eigenvalue weighted by molar-refractivity contribution is 8.42. The molecule has 8 nitrogen and oxygen atoms in total. The van der Waals surface area contributed by atoms with Gasteiger partial charge >= 0.3 is 0 Å². The van der Waals surface area contributed by atoms with Crippen LogP contribution in [0.4, 0.5) is 0 Å². The van der Waals surface area contributed by atoms with Crippen molar-refractivity contribution in [2.24, 2.45) is 10.1 Å². The lowest BCUT2D eigenvalue weighted by atomic mass is 10.1. The van der Waals surface area contributed by atoms with Crippen molar-refractivity contribution in [2.75, 3.05) is 6.26 Å². The number of nitrogens with zero attached hydrogens (tertiary/aromatic N) is 4. The zero-order chi connectivity index (χ0) is 21.8. The lowest BCUT2D eigenvalue weighted by Gasteiger charge is -2.20. The number of aliphatic imine (C=N–C) groups is 1. The monoisotopic (exact) mass is 441 g/mol. The molecule has 0 spiro atoms. The third-order valence-corrected chi connectivity index (χ3v) is 7.39. The Morgan fingerprint density at radius 2 is 1.80 bits per heavy atom. The Bertz CT molecular complexity index is 1300. The molecular formula is C20H19N5O3S2. The minimum Gasteiger partial charge on any atom is -0.318 e. The number of amides is 1. The van der Waals surface area contributed by atoms with E-state index in [0.29, 0.717) is 0 Å². The summed E-state index contributed by atoms with van der Waals surface area (Å²) >= 11 is 0.770. The van der Waals surface area contributed by atoms with Crippen molar-refractivity contribution in [1.29, 1.82) is 5.41 Å². The van der Waals surface area contributed by atoms with E-state index in [4.69, 9.17) is 5.41 Å². The van der Waals surface area contributed by atoms with Gasteiger partial charge in [0, 0.05) is 23.3 Å². The SMILES string of the molecule is Cc1ccc(-n2c(C)cc(/C=C3\C(=N)N4N=C(S(C)(=O)=O)SC4=NC3=O)c2C)cc1. The maximum absolute atomic E-state index is 12.6. The molecule has 1 aromatic carbocycles. The summed E-state index contributed by atoms with van der Waals surface area (Å²) in [6.07, 6.45) is 2.64. The number of hydrogen-bond donors (Lipinski definition) is 1. The molecule has 0 aliphatic carbocycles. The first kappa shape index (κ1) is 20.3. The van der Waals surface area contributed by atoms with Gasteiger partial charge in [0.2, 0.25) is 19.4 Å². The van der Waals surface area contributed by atoms with Gasteiger partial charge in [-0.2, -0.15) is 10.0 Å². The van der Waals surface area contributed by atoms with E-state index in [1.165, 1.54) is 0 Å². The molecule has 10 heteroatoms. The zero-order valence-electron chi connectivity index (χ0n) is 16.8. The summed E-state index contributed by atoms with van der Waals surface area (Å²) in [6.45, 7) is 5.94. The molecule has 2 aliphatic heterocycles. The molecule has 1 amide bonds. The molecule has 0 fully saturated rings. The molecule has 0 bridgehead atoms. The van der Waals surface area contributed by atoms with E-state index in [9.17, 15) is 13.2 Å². The van der Waals surface area contributed by atoms with Gasteiger partial charge in [-0.15, -0.1) is 5.10 Å². The molecule has 0 saturated carbocycles. The van der Waals surface area contributed by atoms with Crippen LogP contribution in [-0.2, 0) is 14.6 Å². The van der Waals surface area contributed by atoms with E-state index in [1.807, 2.05) is 51.1 Å². The summed E-state index contributed by atoms with van der Waals surface area (Å²) in [5, 5.41) is 13.5. The minimum atomic E-state index is -3.56.